The van der Waals surface area contributed by atoms with Crippen molar-refractivity contribution in [3.63, 3.8) is 0 Å². The second kappa shape index (κ2) is 13.0. The summed E-state index contributed by atoms with van der Waals surface area (Å²) in [5.41, 5.74) is 0. The molecule has 0 amide bonds. The molecule has 2 nitrogen and oxygen atoms in total. The van der Waals surface area contributed by atoms with Crippen LogP contribution in [-0.2, 0) is 4.84 Å². The average molecular weight is 226 g/mol. The van der Waals surface area contributed by atoms with Crippen molar-refractivity contribution >= 4 is 17.0 Å². The van der Waals surface area contributed by atoms with E-state index < -0.39 is 0 Å². The Kier molecular flexibility index (Phi) is 16.5. The minimum absolute atomic E-state index is 0. The van der Waals surface area contributed by atoms with Gasteiger partial charge in [0.15, 0.2) is 0 Å². The van der Waals surface area contributed by atoms with E-state index in [1.807, 2.05) is 0 Å². The molecule has 70 valence electrons. The zero-order valence-corrected chi connectivity index (χ0v) is 9.06. The first-order chi connectivity index (χ1) is 4.91. The van der Waals surface area contributed by atoms with Gasteiger partial charge in [-0.3, -0.25) is 0 Å². The summed E-state index contributed by atoms with van der Waals surface area (Å²) in [4.78, 5) is 4.45. The smallest absolute Gasteiger partial charge is 0.0679 e. The molecule has 0 atom stereocenters. The van der Waals surface area contributed by atoms with Crippen LogP contribution in [0.25, 0.3) is 0 Å². The Morgan fingerprint density at radius 3 is 2.09 bits per heavy atom. The Morgan fingerprint density at radius 1 is 1.00 bits per heavy atom. The van der Waals surface area contributed by atoms with E-state index in [-0.39, 0.29) is 17.0 Å². The van der Waals surface area contributed by atoms with E-state index in [0.717, 1.165) is 6.42 Å². The molecule has 3 heteroatoms. The maximum absolute atomic E-state index is 4.87. The van der Waals surface area contributed by atoms with Crippen LogP contribution in [0.2, 0.25) is 0 Å². The SMILES string of the molecule is Br.CCCCCCCCON. The van der Waals surface area contributed by atoms with Crippen LogP contribution < -0.4 is 5.90 Å². The number of rotatable bonds is 7. The van der Waals surface area contributed by atoms with Crippen molar-refractivity contribution in [3.05, 3.63) is 0 Å². The molecule has 0 fully saturated rings. The summed E-state index contributed by atoms with van der Waals surface area (Å²) in [6.45, 7) is 2.94. The fourth-order valence-corrected chi connectivity index (χ4v) is 0.966. The van der Waals surface area contributed by atoms with Gasteiger partial charge in [0.25, 0.3) is 0 Å². The average Bonchev–Trinajstić information content (AvgIpc) is 1.97. The highest BCUT2D eigenvalue weighted by Crippen LogP contribution is 2.04. The van der Waals surface area contributed by atoms with Crippen LogP contribution in [0.15, 0.2) is 0 Å². The summed E-state index contributed by atoms with van der Waals surface area (Å²) in [6, 6.07) is 0. The highest BCUT2D eigenvalue weighted by molar-refractivity contribution is 8.93. The van der Waals surface area contributed by atoms with Crippen LogP contribution in [0.5, 0.6) is 0 Å². The number of halogens is 1. The number of nitrogens with two attached hydrogens (primary N) is 1. The third kappa shape index (κ3) is 13.4. The van der Waals surface area contributed by atoms with Crippen LogP contribution >= 0.6 is 17.0 Å². The van der Waals surface area contributed by atoms with Gasteiger partial charge in [-0.05, 0) is 6.42 Å². The molecule has 0 rings (SSSR count). The Bertz CT molecular complexity index is 54.1. The van der Waals surface area contributed by atoms with Gasteiger partial charge < -0.3 is 4.84 Å². The van der Waals surface area contributed by atoms with Crippen LogP contribution in [0.1, 0.15) is 45.4 Å². The van der Waals surface area contributed by atoms with Gasteiger partial charge in [0, 0.05) is 0 Å². The van der Waals surface area contributed by atoms with Crippen molar-refractivity contribution in [2.24, 2.45) is 5.90 Å². The van der Waals surface area contributed by atoms with Gasteiger partial charge in [-0.2, -0.15) is 0 Å². The van der Waals surface area contributed by atoms with E-state index in [1.54, 1.807) is 0 Å². The van der Waals surface area contributed by atoms with Crippen LogP contribution in [-0.4, -0.2) is 6.61 Å². The third-order valence-electron chi connectivity index (χ3n) is 1.62. The lowest BCUT2D eigenvalue weighted by molar-refractivity contribution is 0.133. The summed E-state index contributed by atoms with van der Waals surface area (Å²) in [5, 5.41) is 0. The Morgan fingerprint density at radius 2 is 1.55 bits per heavy atom. The van der Waals surface area contributed by atoms with Crippen molar-refractivity contribution in [3.8, 4) is 0 Å². The summed E-state index contributed by atoms with van der Waals surface area (Å²) >= 11 is 0. The van der Waals surface area contributed by atoms with Gasteiger partial charge in [0.1, 0.15) is 0 Å². The summed E-state index contributed by atoms with van der Waals surface area (Å²) < 4.78 is 0. The first-order valence-corrected chi connectivity index (χ1v) is 4.23. The van der Waals surface area contributed by atoms with E-state index in [0.29, 0.717) is 6.61 Å². The second-order valence-electron chi connectivity index (χ2n) is 2.64. The Balaban J connectivity index is 0. The zero-order valence-electron chi connectivity index (χ0n) is 7.34. The fraction of sp³-hybridized carbons (Fsp3) is 1.00. The van der Waals surface area contributed by atoms with Crippen molar-refractivity contribution in [1.82, 2.24) is 0 Å². The molecule has 0 aromatic rings. The van der Waals surface area contributed by atoms with Crippen molar-refractivity contribution < 1.29 is 4.84 Å². The van der Waals surface area contributed by atoms with E-state index in [9.17, 15) is 0 Å². The van der Waals surface area contributed by atoms with Gasteiger partial charge in [0.2, 0.25) is 0 Å². The first kappa shape index (κ1) is 14.0. The van der Waals surface area contributed by atoms with Gasteiger partial charge >= 0.3 is 0 Å². The van der Waals surface area contributed by atoms with Crippen molar-refractivity contribution in [1.29, 1.82) is 0 Å². The van der Waals surface area contributed by atoms with Gasteiger partial charge in [-0.15, -0.1) is 17.0 Å². The Labute approximate surface area is 80.2 Å². The predicted octanol–water partition coefficient (Wildman–Crippen LogP) is 2.82. The number of unbranched alkanes of at least 4 members (excludes halogenated alkanes) is 5. The standard InChI is InChI=1S/C8H19NO.BrH/c1-2-3-4-5-6-7-8-10-9;/h2-9H2,1H3;1H. The molecule has 0 saturated carbocycles. The molecule has 11 heavy (non-hydrogen) atoms. The Hall–Kier alpha value is 0.400. The molecule has 0 saturated heterocycles. The van der Waals surface area contributed by atoms with Crippen molar-refractivity contribution in [2.45, 2.75) is 45.4 Å². The molecule has 0 aromatic carbocycles. The molecule has 0 spiro atoms. The van der Waals surface area contributed by atoms with Gasteiger partial charge in [-0.25, -0.2) is 5.90 Å². The molecular formula is C8H20BrNO. The summed E-state index contributed by atoms with van der Waals surface area (Å²) in [6.07, 6.45) is 7.74. The lowest BCUT2D eigenvalue weighted by atomic mass is 10.1. The topological polar surface area (TPSA) is 35.2 Å². The maximum atomic E-state index is 4.87. The molecule has 0 aromatic heterocycles. The molecular weight excluding hydrogens is 206 g/mol. The summed E-state index contributed by atoms with van der Waals surface area (Å²) in [5.74, 6) is 4.87. The molecule has 0 bridgehead atoms. The zero-order chi connectivity index (χ0) is 7.66. The van der Waals surface area contributed by atoms with Crippen molar-refractivity contribution in [2.75, 3.05) is 6.61 Å². The minimum atomic E-state index is 0. The van der Waals surface area contributed by atoms with Gasteiger partial charge in [0.05, 0.1) is 6.61 Å². The second-order valence-corrected chi connectivity index (χ2v) is 2.64. The third-order valence-corrected chi connectivity index (χ3v) is 1.62. The largest absolute Gasteiger partial charge is 0.305 e. The predicted molar refractivity (Wildman–Crippen MR) is 53.8 cm³/mol. The first-order valence-electron chi connectivity index (χ1n) is 4.23. The van der Waals surface area contributed by atoms with Gasteiger partial charge in [-0.1, -0.05) is 39.0 Å². The minimum Gasteiger partial charge on any atom is -0.305 e. The highest BCUT2D eigenvalue weighted by atomic mass is 79.9. The highest BCUT2D eigenvalue weighted by Gasteiger charge is 1.88. The molecule has 0 aliphatic heterocycles. The van der Waals surface area contributed by atoms with Crippen LogP contribution in [0.4, 0.5) is 0 Å². The monoisotopic (exact) mass is 225 g/mol. The molecule has 0 aliphatic rings. The number of hydrogen-bond donors (Lipinski definition) is 1. The van der Waals surface area contributed by atoms with E-state index in [4.69, 9.17) is 5.90 Å². The van der Waals surface area contributed by atoms with E-state index in [1.165, 1.54) is 32.1 Å². The quantitative estimate of drug-likeness (QED) is 0.535. The maximum Gasteiger partial charge on any atom is 0.0679 e. The molecule has 2 N–H and O–H groups in total. The van der Waals surface area contributed by atoms with E-state index >= 15 is 0 Å². The van der Waals surface area contributed by atoms with Crippen LogP contribution in [0, 0.1) is 0 Å². The molecule has 0 radical (unpaired) electrons. The lowest BCUT2D eigenvalue weighted by Crippen LogP contribution is -2.00. The van der Waals surface area contributed by atoms with E-state index in [2.05, 4.69) is 11.8 Å². The summed E-state index contributed by atoms with van der Waals surface area (Å²) in [7, 11) is 0. The lowest BCUT2D eigenvalue weighted by Gasteiger charge is -1.98. The molecule has 0 heterocycles. The number of hydrogen-bond acceptors (Lipinski definition) is 2. The molecule has 0 aliphatic carbocycles. The van der Waals surface area contributed by atoms with Crippen LogP contribution in [0.3, 0.4) is 0 Å². The molecule has 0 unspecified atom stereocenters. The normalized spacial score (nSPS) is 9.27. The fourth-order valence-electron chi connectivity index (χ4n) is 0.966.